The Balaban J connectivity index is 1.81. The fourth-order valence-electron chi connectivity index (χ4n) is 3.08. The normalized spacial score (nSPS) is 29.2. The van der Waals surface area contributed by atoms with Crippen LogP contribution >= 0.6 is 11.8 Å². The third kappa shape index (κ3) is 2.41. The zero-order valence-electron chi connectivity index (χ0n) is 10.4. The fraction of sp³-hybridized carbons (Fsp3) is 0.533. The zero-order valence-corrected chi connectivity index (χ0v) is 11.2. The zero-order chi connectivity index (χ0) is 12.4. The molecule has 18 heavy (non-hydrogen) atoms. The molecule has 0 spiro atoms. The molecule has 0 N–H and O–H groups in total. The van der Waals surface area contributed by atoms with Crippen LogP contribution < -0.4 is 0 Å². The van der Waals surface area contributed by atoms with Gasteiger partial charge in [0.15, 0.2) is 0 Å². The molecule has 2 aliphatic rings. The van der Waals surface area contributed by atoms with Gasteiger partial charge in [-0.1, -0.05) is 49.6 Å². The van der Waals surface area contributed by atoms with Crippen molar-refractivity contribution in [1.82, 2.24) is 0 Å². The van der Waals surface area contributed by atoms with Crippen molar-refractivity contribution in [2.24, 2.45) is 5.92 Å². The van der Waals surface area contributed by atoms with E-state index in [9.17, 15) is 4.79 Å². The fourth-order valence-corrected chi connectivity index (χ4v) is 4.16. The minimum Gasteiger partial charge on any atom is -0.452 e. The second-order valence-electron chi connectivity index (χ2n) is 5.18. The van der Waals surface area contributed by atoms with Crippen molar-refractivity contribution in [1.29, 1.82) is 0 Å². The molecule has 0 amide bonds. The molecule has 1 aromatic carbocycles. The summed E-state index contributed by atoms with van der Waals surface area (Å²) in [5, 5.41) is 0.0984. The average Bonchev–Trinajstić information content (AvgIpc) is 2.83. The van der Waals surface area contributed by atoms with Gasteiger partial charge in [-0.2, -0.15) is 0 Å². The molecule has 1 saturated carbocycles. The molecule has 3 rings (SSSR count). The molecule has 2 atom stereocenters. The molecule has 1 aliphatic heterocycles. The van der Waals surface area contributed by atoms with Crippen LogP contribution in [-0.4, -0.2) is 11.4 Å². The maximum Gasteiger partial charge on any atom is 0.368 e. The Bertz CT molecular complexity index is 412. The summed E-state index contributed by atoms with van der Waals surface area (Å²) >= 11 is 1.36. The molecule has 0 unspecified atom stereocenters. The number of hydrogen-bond acceptors (Lipinski definition) is 3. The summed E-state index contributed by atoms with van der Waals surface area (Å²) in [6.45, 7) is 0. The lowest BCUT2D eigenvalue weighted by atomic mass is 9.83. The first-order valence-corrected chi connectivity index (χ1v) is 7.65. The van der Waals surface area contributed by atoms with Crippen molar-refractivity contribution in [2.75, 3.05) is 0 Å². The smallest absolute Gasteiger partial charge is 0.368 e. The number of carbonyl (C=O) groups excluding carboxylic acids is 1. The van der Waals surface area contributed by atoms with Crippen LogP contribution in [0.2, 0.25) is 0 Å². The van der Waals surface area contributed by atoms with Crippen molar-refractivity contribution in [2.45, 2.75) is 43.5 Å². The van der Waals surface area contributed by atoms with E-state index in [0.29, 0.717) is 5.92 Å². The molecule has 3 heteroatoms. The monoisotopic (exact) mass is 262 g/mol. The third-order valence-corrected chi connectivity index (χ3v) is 5.08. The van der Waals surface area contributed by atoms with Gasteiger partial charge in [-0.3, -0.25) is 0 Å². The second kappa shape index (κ2) is 5.35. The lowest BCUT2D eigenvalue weighted by Gasteiger charge is -2.29. The highest BCUT2D eigenvalue weighted by molar-refractivity contribution is 8.13. The van der Waals surface area contributed by atoms with E-state index in [2.05, 4.69) is 12.1 Å². The summed E-state index contributed by atoms with van der Waals surface area (Å²) in [6, 6.07) is 10.3. The topological polar surface area (TPSA) is 26.3 Å². The first-order valence-electron chi connectivity index (χ1n) is 6.77. The standard InChI is InChI=1S/C15H18O2S/c16-15-17-13(11-7-3-1-4-8-11)14(18-15)12-9-5-2-6-10-12/h2,5-6,9-11,13-14H,1,3-4,7-8H2/t13-,14+/m1/s1. The van der Waals surface area contributed by atoms with Gasteiger partial charge < -0.3 is 4.74 Å². The molecule has 0 bridgehead atoms. The number of ether oxygens (including phenoxy) is 1. The third-order valence-electron chi connectivity index (χ3n) is 4.00. The Morgan fingerprint density at radius 3 is 2.50 bits per heavy atom. The van der Waals surface area contributed by atoms with Crippen LogP contribution in [0.4, 0.5) is 4.79 Å². The van der Waals surface area contributed by atoms with Crippen molar-refractivity contribution >= 4 is 17.1 Å². The molecular formula is C15H18O2S. The van der Waals surface area contributed by atoms with Gasteiger partial charge in [0.25, 0.3) is 0 Å². The molecule has 2 nitrogen and oxygen atoms in total. The molecule has 1 saturated heterocycles. The number of rotatable bonds is 2. The summed E-state index contributed by atoms with van der Waals surface area (Å²) in [5.41, 5.74) is 1.23. The van der Waals surface area contributed by atoms with Crippen LogP contribution in [-0.2, 0) is 4.74 Å². The summed E-state index contributed by atoms with van der Waals surface area (Å²) in [5.74, 6) is 0.558. The first-order chi connectivity index (χ1) is 8.84. The Morgan fingerprint density at radius 2 is 1.78 bits per heavy atom. The number of benzene rings is 1. The molecule has 0 aromatic heterocycles. The Kier molecular flexibility index (Phi) is 3.59. The van der Waals surface area contributed by atoms with Gasteiger partial charge in [0, 0.05) is 0 Å². The van der Waals surface area contributed by atoms with E-state index in [0.717, 1.165) is 0 Å². The highest BCUT2D eigenvalue weighted by Crippen LogP contribution is 2.47. The largest absolute Gasteiger partial charge is 0.452 e. The van der Waals surface area contributed by atoms with Gasteiger partial charge in [-0.05, 0) is 36.1 Å². The summed E-state index contributed by atoms with van der Waals surface area (Å²) < 4.78 is 5.59. The average molecular weight is 262 g/mol. The highest BCUT2D eigenvalue weighted by atomic mass is 32.2. The van der Waals surface area contributed by atoms with E-state index in [1.165, 1.54) is 49.4 Å². The van der Waals surface area contributed by atoms with Gasteiger partial charge >= 0.3 is 5.30 Å². The minimum absolute atomic E-state index is 0.0881. The molecule has 2 fully saturated rings. The van der Waals surface area contributed by atoms with Gasteiger partial charge in [-0.25, -0.2) is 4.79 Å². The quantitative estimate of drug-likeness (QED) is 0.731. The van der Waals surface area contributed by atoms with Crippen LogP contribution in [0.25, 0.3) is 0 Å². The van der Waals surface area contributed by atoms with E-state index in [1.54, 1.807) is 0 Å². The van der Waals surface area contributed by atoms with Gasteiger partial charge in [-0.15, -0.1) is 0 Å². The minimum atomic E-state index is -0.0978. The van der Waals surface area contributed by atoms with Crippen LogP contribution in [0.3, 0.4) is 0 Å². The molecule has 1 heterocycles. The highest BCUT2D eigenvalue weighted by Gasteiger charge is 2.41. The molecular weight excluding hydrogens is 244 g/mol. The number of cyclic esters (lactones) is 1. The van der Waals surface area contributed by atoms with Crippen molar-refractivity contribution in [3.8, 4) is 0 Å². The predicted octanol–water partition coefficient (Wildman–Crippen LogP) is 4.56. The van der Waals surface area contributed by atoms with E-state index < -0.39 is 0 Å². The first kappa shape index (κ1) is 12.1. The van der Waals surface area contributed by atoms with Gasteiger partial charge in [0.2, 0.25) is 0 Å². The molecule has 96 valence electrons. The maximum absolute atomic E-state index is 11.6. The van der Waals surface area contributed by atoms with E-state index in [4.69, 9.17) is 4.74 Å². The Morgan fingerprint density at radius 1 is 1.06 bits per heavy atom. The Hall–Kier alpha value is -0.960. The Labute approximate surface area is 112 Å². The SMILES string of the molecule is O=C1O[C@H](C2CCCCC2)[C@H](c2ccccc2)S1. The van der Waals surface area contributed by atoms with E-state index in [-0.39, 0.29) is 16.7 Å². The van der Waals surface area contributed by atoms with E-state index >= 15 is 0 Å². The molecule has 1 aromatic rings. The van der Waals surface area contributed by atoms with Crippen molar-refractivity contribution < 1.29 is 9.53 Å². The van der Waals surface area contributed by atoms with Crippen molar-refractivity contribution in [3.63, 3.8) is 0 Å². The lowest BCUT2D eigenvalue weighted by molar-refractivity contribution is 0.0740. The second-order valence-corrected chi connectivity index (χ2v) is 6.26. The summed E-state index contributed by atoms with van der Waals surface area (Å²) in [7, 11) is 0. The van der Waals surface area contributed by atoms with Crippen LogP contribution in [0.1, 0.15) is 42.9 Å². The van der Waals surface area contributed by atoms with Crippen LogP contribution in [0, 0.1) is 5.92 Å². The van der Waals surface area contributed by atoms with Gasteiger partial charge in [0.1, 0.15) is 6.10 Å². The molecule has 1 aliphatic carbocycles. The summed E-state index contributed by atoms with van der Waals surface area (Å²) in [6.07, 6.45) is 6.41. The number of hydrogen-bond donors (Lipinski definition) is 0. The van der Waals surface area contributed by atoms with Crippen LogP contribution in [0.5, 0.6) is 0 Å². The van der Waals surface area contributed by atoms with Crippen LogP contribution in [0.15, 0.2) is 30.3 Å². The van der Waals surface area contributed by atoms with Gasteiger partial charge in [0.05, 0.1) is 5.25 Å². The van der Waals surface area contributed by atoms with Crippen molar-refractivity contribution in [3.05, 3.63) is 35.9 Å². The number of carbonyl (C=O) groups is 1. The lowest BCUT2D eigenvalue weighted by Crippen LogP contribution is -2.27. The predicted molar refractivity (Wildman–Crippen MR) is 73.6 cm³/mol. The molecule has 0 radical (unpaired) electrons. The summed E-state index contributed by atoms with van der Waals surface area (Å²) in [4.78, 5) is 11.6. The van der Waals surface area contributed by atoms with E-state index in [1.807, 2.05) is 18.2 Å². The maximum atomic E-state index is 11.6. The number of thioether (sulfide) groups is 1.